The molecule has 1 N–H and O–H groups in total. The third-order valence-electron chi connectivity index (χ3n) is 4.71. The molecule has 0 aliphatic carbocycles. The van der Waals surface area contributed by atoms with Crippen molar-refractivity contribution in [3.8, 4) is 11.5 Å². The van der Waals surface area contributed by atoms with E-state index in [0.29, 0.717) is 41.5 Å². The molecule has 3 aromatic rings. The van der Waals surface area contributed by atoms with Crippen molar-refractivity contribution < 1.29 is 14.3 Å². The molecule has 0 unspecified atom stereocenters. The average Bonchev–Trinajstić information content (AvgIpc) is 2.69. The standard InChI is InChI=1S/C23H23ClN2O3/c1-3-4-5-17(28)11-16-6-7-18(12-20(16)24)29-23-8-9-25-22-10-15(2)21(26-14-27)13-19(22)23/h6-10,12-14H,3-5,11H2,1-2H3,(H,26,27). The highest BCUT2D eigenvalue weighted by Crippen LogP contribution is 2.33. The fourth-order valence-electron chi connectivity index (χ4n) is 3.12. The summed E-state index contributed by atoms with van der Waals surface area (Å²) in [5.74, 6) is 1.36. The summed E-state index contributed by atoms with van der Waals surface area (Å²) < 4.78 is 6.04. The summed E-state index contributed by atoms with van der Waals surface area (Å²) in [5.41, 5.74) is 3.17. The van der Waals surface area contributed by atoms with Crippen molar-refractivity contribution in [1.82, 2.24) is 4.98 Å². The Morgan fingerprint density at radius 2 is 2.07 bits per heavy atom. The van der Waals surface area contributed by atoms with Gasteiger partial charge in [0.1, 0.15) is 17.3 Å². The van der Waals surface area contributed by atoms with Gasteiger partial charge in [-0.25, -0.2) is 0 Å². The van der Waals surface area contributed by atoms with E-state index in [1.54, 1.807) is 24.4 Å². The lowest BCUT2D eigenvalue weighted by molar-refractivity contribution is -0.118. The number of aryl methyl sites for hydroxylation is 1. The van der Waals surface area contributed by atoms with E-state index in [1.807, 2.05) is 25.1 Å². The summed E-state index contributed by atoms with van der Waals surface area (Å²) in [5, 5.41) is 3.97. The highest BCUT2D eigenvalue weighted by Gasteiger charge is 2.11. The lowest BCUT2D eigenvalue weighted by Gasteiger charge is -2.12. The molecule has 150 valence electrons. The molecule has 0 atom stereocenters. The molecule has 0 fully saturated rings. The molecule has 0 spiro atoms. The van der Waals surface area contributed by atoms with Gasteiger partial charge in [-0.3, -0.25) is 14.6 Å². The molecule has 0 bridgehead atoms. The number of ketones is 1. The first-order valence-electron chi connectivity index (χ1n) is 9.59. The van der Waals surface area contributed by atoms with E-state index in [9.17, 15) is 9.59 Å². The van der Waals surface area contributed by atoms with Crippen molar-refractivity contribution in [2.24, 2.45) is 0 Å². The Labute approximate surface area is 175 Å². The molecular formula is C23H23ClN2O3. The van der Waals surface area contributed by atoms with Gasteiger partial charge in [0, 0.05) is 35.1 Å². The van der Waals surface area contributed by atoms with Crippen molar-refractivity contribution in [1.29, 1.82) is 0 Å². The highest BCUT2D eigenvalue weighted by atomic mass is 35.5. The third-order valence-corrected chi connectivity index (χ3v) is 5.06. The number of anilines is 1. The van der Waals surface area contributed by atoms with Crippen LogP contribution in [0.4, 0.5) is 5.69 Å². The molecule has 0 saturated heterocycles. The molecule has 2 aromatic carbocycles. The number of aromatic nitrogens is 1. The number of carbonyl (C=O) groups is 2. The maximum absolute atomic E-state index is 12.0. The van der Waals surface area contributed by atoms with E-state index in [2.05, 4.69) is 17.2 Å². The second kappa shape index (κ2) is 9.52. The highest BCUT2D eigenvalue weighted by molar-refractivity contribution is 6.31. The number of amides is 1. The van der Waals surface area contributed by atoms with E-state index >= 15 is 0 Å². The number of nitrogens with one attached hydrogen (secondary N) is 1. The molecule has 0 aliphatic heterocycles. The zero-order chi connectivity index (χ0) is 20.8. The predicted octanol–water partition coefficient (Wildman–Crippen LogP) is 5.86. The van der Waals surface area contributed by atoms with Crippen molar-refractivity contribution in [2.75, 3.05) is 5.32 Å². The van der Waals surface area contributed by atoms with Crippen molar-refractivity contribution in [3.63, 3.8) is 0 Å². The summed E-state index contributed by atoms with van der Waals surface area (Å²) in [6.45, 7) is 3.97. The van der Waals surface area contributed by atoms with Crippen LogP contribution < -0.4 is 10.1 Å². The molecule has 0 radical (unpaired) electrons. The first-order valence-corrected chi connectivity index (χ1v) is 9.97. The number of unbranched alkanes of at least 4 members (excludes halogenated alkanes) is 1. The quantitative estimate of drug-likeness (QED) is 0.448. The Hall–Kier alpha value is -2.92. The van der Waals surface area contributed by atoms with E-state index in [1.165, 1.54) is 0 Å². The van der Waals surface area contributed by atoms with Crippen LogP contribution in [0.25, 0.3) is 10.9 Å². The van der Waals surface area contributed by atoms with Gasteiger partial charge in [-0.15, -0.1) is 0 Å². The van der Waals surface area contributed by atoms with Gasteiger partial charge in [0.15, 0.2) is 0 Å². The maximum atomic E-state index is 12.0. The van der Waals surface area contributed by atoms with E-state index in [0.717, 1.165) is 34.9 Å². The summed E-state index contributed by atoms with van der Waals surface area (Å²) in [7, 11) is 0. The number of fused-ring (bicyclic) bond motifs is 1. The number of benzene rings is 2. The average molecular weight is 411 g/mol. The normalized spacial score (nSPS) is 10.7. The van der Waals surface area contributed by atoms with Gasteiger partial charge >= 0.3 is 0 Å². The number of hydrogen-bond donors (Lipinski definition) is 1. The Balaban J connectivity index is 1.85. The van der Waals surface area contributed by atoms with Crippen LogP contribution in [0.15, 0.2) is 42.6 Å². The molecule has 0 saturated carbocycles. The number of carbonyl (C=O) groups excluding carboxylic acids is 2. The number of nitrogens with zero attached hydrogens (tertiary/aromatic N) is 1. The molecular weight excluding hydrogens is 388 g/mol. The number of pyridine rings is 1. The largest absolute Gasteiger partial charge is 0.457 e. The lowest BCUT2D eigenvalue weighted by Crippen LogP contribution is -2.03. The number of Topliss-reactive ketones (excluding diaryl/α,β-unsaturated/α-hetero) is 1. The first-order chi connectivity index (χ1) is 14.0. The van der Waals surface area contributed by atoms with Gasteiger partial charge < -0.3 is 10.1 Å². The minimum Gasteiger partial charge on any atom is -0.457 e. The Bertz CT molecular complexity index is 1050. The number of halogens is 1. The monoisotopic (exact) mass is 410 g/mol. The second-order valence-electron chi connectivity index (χ2n) is 6.93. The van der Waals surface area contributed by atoms with Gasteiger partial charge in [0.25, 0.3) is 0 Å². The van der Waals surface area contributed by atoms with Gasteiger partial charge in [-0.1, -0.05) is 31.0 Å². The lowest BCUT2D eigenvalue weighted by atomic mass is 10.0. The van der Waals surface area contributed by atoms with Crippen molar-refractivity contribution in [2.45, 2.75) is 39.5 Å². The Morgan fingerprint density at radius 3 is 2.79 bits per heavy atom. The van der Waals surface area contributed by atoms with Crippen LogP contribution >= 0.6 is 11.6 Å². The predicted molar refractivity (Wildman–Crippen MR) is 116 cm³/mol. The second-order valence-corrected chi connectivity index (χ2v) is 7.34. The summed E-state index contributed by atoms with van der Waals surface area (Å²) >= 11 is 6.39. The van der Waals surface area contributed by atoms with E-state index in [4.69, 9.17) is 16.3 Å². The third kappa shape index (κ3) is 5.12. The first kappa shape index (κ1) is 20.8. The topological polar surface area (TPSA) is 68.3 Å². The van der Waals surface area contributed by atoms with Crippen LogP contribution in [0.5, 0.6) is 11.5 Å². The molecule has 6 heteroatoms. The van der Waals surface area contributed by atoms with Crippen LogP contribution in [0.2, 0.25) is 5.02 Å². The van der Waals surface area contributed by atoms with Crippen LogP contribution in [0.1, 0.15) is 37.3 Å². The van der Waals surface area contributed by atoms with E-state index < -0.39 is 0 Å². The summed E-state index contributed by atoms with van der Waals surface area (Å²) in [6, 6.07) is 10.8. The smallest absolute Gasteiger partial charge is 0.211 e. The van der Waals surface area contributed by atoms with Crippen LogP contribution in [0.3, 0.4) is 0 Å². The van der Waals surface area contributed by atoms with Gasteiger partial charge in [-0.05, 0) is 54.8 Å². The maximum Gasteiger partial charge on any atom is 0.211 e. The zero-order valence-corrected chi connectivity index (χ0v) is 17.3. The van der Waals surface area contributed by atoms with Crippen molar-refractivity contribution in [3.05, 3.63) is 58.7 Å². The zero-order valence-electron chi connectivity index (χ0n) is 16.5. The number of rotatable bonds is 9. The number of hydrogen-bond acceptors (Lipinski definition) is 4. The minimum atomic E-state index is 0.188. The van der Waals surface area contributed by atoms with Gasteiger partial charge in [0.05, 0.1) is 5.52 Å². The molecule has 0 aliphatic rings. The fraction of sp³-hybridized carbons (Fsp3) is 0.261. The van der Waals surface area contributed by atoms with E-state index in [-0.39, 0.29) is 5.78 Å². The summed E-state index contributed by atoms with van der Waals surface area (Å²) in [6.07, 6.45) is 5.11. The Kier molecular flexibility index (Phi) is 6.83. The van der Waals surface area contributed by atoms with Crippen LogP contribution in [0, 0.1) is 6.92 Å². The molecule has 5 nitrogen and oxygen atoms in total. The Morgan fingerprint density at radius 1 is 1.24 bits per heavy atom. The molecule has 3 rings (SSSR count). The van der Waals surface area contributed by atoms with Crippen molar-refractivity contribution >= 4 is 40.4 Å². The minimum absolute atomic E-state index is 0.188. The molecule has 1 aromatic heterocycles. The summed E-state index contributed by atoms with van der Waals surface area (Å²) in [4.78, 5) is 27.3. The molecule has 1 amide bonds. The van der Waals surface area contributed by atoms with Gasteiger partial charge in [0.2, 0.25) is 6.41 Å². The SMILES string of the molecule is CCCCC(=O)Cc1ccc(Oc2ccnc3cc(C)c(NC=O)cc23)cc1Cl. The fourth-order valence-corrected chi connectivity index (χ4v) is 3.35. The van der Waals surface area contributed by atoms with Gasteiger partial charge in [-0.2, -0.15) is 0 Å². The molecule has 1 heterocycles. The van der Waals surface area contributed by atoms with Crippen LogP contribution in [-0.2, 0) is 16.0 Å². The molecule has 29 heavy (non-hydrogen) atoms. The van der Waals surface area contributed by atoms with Crippen LogP contribution in [-0.4, -0.2) is 17.2 Å². The number of ether oxygens (including phenoxy) is 1.